The monoisotopic (exact) mass is 347 g/mol. The summed E-state index contributed by atoms with van der Waals surface area (Å²) in [5, 5.41) is 9.02. The van der Waals surface area contributed by atoms with Crippen molar-refractivity contribution in [1.82, 2.24) is 0 Å². The zero-order chi connectivity index (χ0) is 18.5. The first-order valence-electron chi connectivity index (χ1n) is 7.98. The molecule has 0 saturated carbocycles. The van der Waals surface area contributed by atoms with Crippen molar-refractivity contribution in [1.29, 1.82) is 0 Å². The van der Waals surface area contributed by atoms with E-state index in [9.17, 15) is 9.59 Å². The number of carbonyl (C=O) groups is 2. The highest BCUT2D eigenvalue weighted by molar-refractivity contribution is 5.94. The normalized spacial score (nSPS) is 10.3. The van der Waals surface area contributed by atoms with E-state index in [-0.39, 0.29) is 12.2 Å². The third kappa shape index (κ3) is 4.08. The van der Waals surface area contributed by atoms with E-state index in [2.05, 4.69) is 0 Å². The number of carboxylic acid groups (broad SMARTS) is 1. The number of hydrogen-bond donors (Lipinski definition) is 2. The van der Waals surface area contributed by atoms with Crippen LogP contribution in [-0.4, -0.2) is 17.0 Å². The van der Waals surface area contributed by atoms with Gasteiger partial charge in [-0.2, -0.15) is 0 Å². The van der Waals surface area contributed by atoms with E-state index >= 15 is 0 Å². The summed E-state index contributed by atoms with van der Waals surface area (Å²) in [6.07, 6.45) is 0. The first kappa shape index (κ1) is 17.2. The topological polar surface area (TPSA) is 89.6 Å². The molecule has 0 saturated heterocycles. The molecule has 1 amide bonds. The summed E-state index contributed by atoms with van der Waals surface area (Å²) in [7, 11) is 0. The van der Waals surface area contributed by atoms with Crippen molar-refractivity contribution in [3.8, 4) is 16.9 Å². The molecule has 0 aliphatic heterocycles. The van der Waals surface area contributed by atoms with E-state index in [0.717, 1.165) is 16.7 Å². The number of ether oxygens (including phenoxy) is 1. The third-order valence-electron chi connectivity index (χ3n) is 3.91. The predicted octanol–water partition coefficient (Wildman–Crippen LogP) is 3.73. The van der Waals surface area contributed by atoms with Crippen LogP contribution in [0.15, 0.2) is 72.8 Å². The summed E-state index contributed by atoms with van der Waals surface area (Å²) in [5.74, 6) is -0.759. The van der Waals surface area contributed by atoms with Gasteiger partial charge in [0.15, 0.2) is 0 Å². The average Bonchev–Trinajstić information content (AvgIpc) is 2.67. The molecule has 3 N–H and O–H groups in total. The number of carboxylic acids is 1. The minimum absolute atomic E-state index is 0.232. The Kier molecular flexibility index (Phi) is 4.99. The standard InChI is InChI=1S/C21H17NO4/c22-20(23)17-5-2-4-16(12-17)15-7-9-19(10-8-15)26-13-14-3-1-6-18(11-14)21(24)25/h1-12H,13H2,(H2,22,23)(H,24,25). The molecule has 3 aromatic rings. The molecule has 0 unspecified atom stereocenters. The second kappa shape index (κ2) is 7.53. The van der Waals surface area contributed by atoms with Crippen LogP contribution in [0.4, 0.5) is 0 Å². The number of nitrogens with two attached hydrogens (primary N) is 1. The van der Waals surface area contributed by atoms with Gasteiger partial charge in [0.1, 0.15) is 12.4 Å². The molecule has 5 nitrogen and oxygen atoms in total. The zero-order valence-corrected chi connectivity index (χ0v) is 13.9. The average molecular weight is 347 g/mol. The number of carbonyl (C=O) groups excluding carboxylic acids is 1. The summed E-state index contributed by atoms with van der Waals surface area (Å²) in [4.78, 5) is 22.3. The molecule has 0 aliphatic rings. The van der Waals surface area contributed by atoms with E-state index in [1.807, 2.05) is 36.4 Å². The van der Waals surface area contributed by atoms with Crippen molar-refractivity contribution in [2.24, 2.45) is 5.73 Å². The van der Waals surface area contributed by atoms with E-state index < -0.39 is 11.9 Å². The number of primary amides is 1. The van der Waals surface area contributed by atoms with Gasteiger partial charge in [-0.05, 0) is 53.1 Å². The van der Waals surface area contributed by atoms with Crippen LogP contribution < -0.4 is 10.5 Å². The molecule has 0 heterocycles. The van der Waals surface area contributed by atoms with Crippen LogP contribution in [0.2, 0.25) is 0 Å². The van der Waals surface area contributed by atoms with Crippen LogP contribution in [0, 0.1) is 0 Å². The Hall–Kier alpha value is -3.60. The Morgan fingerprint density at radius 3 is 2.23 bits per heavy atom. The van der Waals surface area contributed by atoms with Crippen LogP contribution in [0.25, 0.3) is 11.1 Å². The maximum Gasteiger partial charge on any atom is 0.335 e. The fourth-order valence-corrected chi connectivity index (χ4v) is 2.56. The van der Waals surface area contributed by atoms with Gasteiger partial charge in [-0.15, -0.1) is 0 Å². The summed E-state index contributed by atoms with van der Waals surface area (Å²) in [5.41, 5.74) is 8.61. The summed E-state index contributed by atoms with van der Waals surface area (Å²) >= 11 is 0. The van der Waals surface area contributed by atoms with Gasteiger partial charge in [0.2, 0.25) is 5.91 Å². The van der Waals surface area contributed by atoms with E-state index in [1.54, 1.807) is 36.4 Å². The maximum atomic E-state index is 11.3. The van der Waals surface area contributed by atoms with Crippen LogP contribution >= 0.6 is 0 Å². The molecule has 3 aromatic carbocycles. The van der Waals surface area contributed by atoms with Crippen molar-refractivity contribution in [3.05, 3.63) is 89.5 Å². The molecule has 5 heteroatoms. The Balaban J connectivity index is 1.70. The summed E-state index contributed by atoms with van der Waals surface area (Å²) in [6.45, 7) is 0.275. The first-order valence-corrected chi connectivity index (χ1v) is 7.98. The lowest BCUT2D eigenvalue weighted by atomic mass is 10.0. The molecule has 0 radical (unpaired) electrons. The van der Waals surface area contributed by atoms with Crippen molar-refractivity contribution < 1.29 is 19.4 Å². The maximum absolute atomic E-state index is 11.3. The lowest BCUT2D eigenvalue weighted by Crippen LogP contribution is -2.10. The van der Waals surface area contributed by atoms with Gasteiger partial charge < -0.3 is 15.6 Å². The van der Waals surface area contributed by atoms with E-state index in [4.69, 9.17) is 15.6 Å². The van der Waals surface area contributed by atoms with Gasteiger partial charge in [-0.1, -0.05) is 36.4 Å². The summed E-state index contributed by atoms with van der Waals surface area (Å²) in [6, 6.07) is 21.2. The number of aromatic carboxylic acids is 1. The molecule has 0 bridgehead atoms. The Morgan fingerprint density at radius 1 is 0.846 bits per heavy atom. The second-order valence-corrected chi connectivity index (χ2v) is 5.76. The van der Waals surface area contributed by atoms with Gasteiger partial charge in [-0.25, -0.2) is 4.79 Å². The van der Waals surface area contributed by atoms with Gasteiger partial charge in [-0.3, -0.25) is 4.79 Å². The van der Waals surface area contributed by atoms with Crippen LogP contribution in [-0.2, 0) is 6.61 Å². The predicted molar refractivity (Wildman–Crippen MR) is 98.1 cm³/mol. The first-order chi connectivity index (χ1) is 12.5. The van der Waals surface area contributed by atoms with Crippen molar-refractivity contribution >= 4 is 11.9 Å². The van der Waals surface area contributed by atoms with Crippen LogP contribution in [0.5, 0.6) is 5.75 Å². The SMILES string of the molecule is NC(=O)c1cccc(-c2ccc(OCc3cccc(C(=O)O)c3)cc2)c1. The summed E-state index contributed by atoms with van der Waals surface area (Å²) < 4.78 is 5.71. The fourth-order valence-electron chi connectivity index (χ4n) is 2.56. The molecule has 0 spiro atoms. The highest BCUT2D eigenvalue weighted by Gasteiger charge is 2.05. The van der Waals surface area contributed by atoms with Crippen molar-refractivity contribution in [2.45, 2.75) is 6.61 Å². The lowest BCUT2D eigenvalue weighted by Gasteiger charge is -2.09. The molecule has 130 valence electrons. The molecule has 3 rings (SSSR count). The van der Waals surface area contributed by atoms with Crippen molar-refractivity contribution in [2.75, 3.05) is 0 Å². The van der Waals surface area contributed by atoms with Crippen molar-refractivity contribution in [3.63, 3.8) is 0 Å². The molecule has 0 aromatic heterocycles. The van der Waals surface area contributed by atoms with Gasteiger partial charge in [0, 0.05) is 5.56 Å². The Bertz CT molecular complexity index is 948. The zero-order valence-electron chi connectivity index (χ0n) is 13.9. The molecule has 26 heavy (non-hydrogen) atoms. The van der Waals surface area contributed by atoms with E-state index in [1.165, 1.54) is 0 Å². The van der Waals surface area contributed by atoms with Crippen LogP contribution in [0.3, 0.4) is 0 Å². The largest absolute Gasteiger partial charge is 0.489 e. The Morgan fingerprint density at radius 2 is 1.54 bits per heavy atom. The minimum Gasteiger partial charge on any atom is -0.489 e. The molecule has 0 aliphatic carbocycles. The highest BCUT2D eigenvalue weighted by Crippen LogP contribution is 2.24. The third-order valence-corrected chi connectivity index (χ3v) is 3.91. The molecular weight excluding hydrogens is 330 g/mol. The quantitative estimate of drug-likeness (QED) is 0.711. The smallest absolute Gasteiger partial charge is 0.335 e. The Labute approximate surface area is 150 Å². The van der Waals surface area contributed by atoms with Gasteiger partial charge in [0.25, 0.3) is 0 Å². The number of amides is 1. The van der Waals surface area contributed by atoms with Crippen LogP contribution in [0.1, 0.15) is 26.3 Å². The second-order valence-electron chi connectivity index (χ2n) is 5.76. The molecule has 0 atom stereocenters. The number of hydrogen-bond acceptors (Lipinski definition) is 3. The molecule has 0 fully saturated rings. The van der Waals surface area contributed by atoms with Gasteiger partial charge in [0.05, 0.1) is 5.56 Å². The highest BCUT2D eigenvalue weighted by atomic mass is 16.5. The molecular formula is C21H17NO4. The number of rotatable bonds is 6. The number of benzene rings is 3. The van der Waals surface area contributed by atoms with Gasteiger partial charge >= 0.3 is 5.97 Å². The van der Waals surface area contributed by atoms with E-state index in [0.29, 0.717) is 11.3 Å². The fraction of sp³-hybridized carbons (Fsp3) is 0.0476. The lowest BCUT2D eigenvalue weighted by molar-refractivity contribution is 0.0696. The minimum atomic E-state index is -0.964.